The summed E-state index contributed by atoms with van der Waals surface area (Å²) in [6.07, 6.45) is 1.86. The molecule has 200 valence electrons. The molecule has 0 amide bonds. The van der Waals surface area contributed by atoms with Crippen LogP contribution >= 0.6 is 0 Å². The second-order valence-electron chi connectivity index (χ2n) is 10.8. The number of fused-ring (bicyclic) bond motifs is 7. The molecule has 9 rings (SSSR count). The molecule has 0 saturated carbocycles. The number of hydrogen-bond acceptors (Lipinski definition) is 5. The van der Waals surface area contributed by atoms with Crippen LogP contribution in [0.5, 0.6) is 0 Å². The van der Waals surface area contributed by atoms with Gasteiger partial charge in [-0.25, -0.2) is 19.9 Å². The van der Waals surface area contributed by atoms with Gasteiger partial charge in [0.25, 0.3) is 0 Å². The van der Waals surface area contributed by atoms with Crippen LogP contribution in [0.15, 0.2) is 138 Å². The van der Waals surface area contributed by atoms with Crippen LogP contribution in [0.1, 0.15) is 0 Å². The van der Waals surface area contributed by atoms with Gasteiger partial charge >= 0.3 is 0 Å². The van der Waals surface area contributed by atoms with Crippen molar-refractivity contribution in [3.05, 3.63) is 134 Å². The SMILES string of the molecule is c1ccc2cc(-c3nc(-c4ccc5ccccc5c4)nc(-c4ccc5cnc6oc7ccccc7c6c5c4)n3)ccc2c1. The predicted molar refractivity (Wildman–Crippen MR) is 174 cm³/mol. The Morgan fingerprint density at radius 2 is 0.930 bits per heavy atom. The fraction of sp³-hybridized carbons (Fsp3) is 0. The Morgan fingerprint density at radius 1 is 0.419 bits per heavy atom. The van der Waals surface area contributed by atoms with Crippen LogP contribution in [0.2, 0.25) is 0 Å². The molecule has 0 fully saturated rings. The highest BCUT2D eigenvalue weighted by molar-refractivity contribution is 6.17. The molecule has 3 aromatic heterocycles. The molecular weight excluding hydrogens is 528 g/mol. The van der Waals surface area contributed by atoms with Crippen molar-refractivity contribution in [2.45, 2.75) is 0 Å². The van der Waals surface area contributed by atoms with Crippen LogP contribution in [-0.4, -0.2) is 19.9 Å². The zero-order valence-electron chi connectivity index (χ0n) is 22.9. The molecule has 0 unspecified atom stereocenters. The summed E-state index contributed by atoms with van der Waals surface area (Å²) in [5, 5.41) is 8.74. The quantitative estimate of drug-likeness (QED) is 0.219. The first kappa shape index (κ1) is 23.7. The third-order valence-electron chi connectivity index (χ3n) is 8.13. The number of pyridine rings is 1. The van der Waals surface area contributed by atoms with Gasteiger partial charge < -0.3 is 4.42 Å². The summed E-state index contributed by atoms with van der Waals surface area (Å²) < 4.78 is 6.08. The van der Waals surface area contributed by atoms with E-state index in [1.807, 2.05) is 24.4 Å². The molecule has 5 nitrogen and oxygen atoms in total. The second kappa shape index (κ2) is 9.29. The Labute approximate surface area is 246 Å². The molecule has 3 heterocycles. The molecule has 5 heteroatoms. The molecule has 0 aliphatic carbocycles. The summed E-state index contributed by atoms with van der Waals surface area (Å²) in [6, 6.07) is 43.7. The molecule has 0 N–H and O–H groups in total. The van der Waals surface area contributed by atoms with Gasteiger partial charge in [0.05, 0.1) is 5.39 Å². The highest BCUT2D eigenvalue weighted by atomic mass is 16.3. The van der Waals surface area contributed by atoms with E-state index >= 15 is 0 Å². The number of furan rings is 1. The van der Waals surface area contributed by atoms with Gasteiger partial charge in [-0.05, 0) is 51.2 Å². The summed E-state index contributed by atoms with van der Waals surface area (Å²) in [4.78, 5) is 19.7. The van der Waals surface area contributed by atoms with Crippen molar-refractivity contribution in [1.82, 2.24) is 19.9 Å². The summed E-state index contributed by atoms with van der Waals surface area (Å²) in [7, 11) is 0. The molecule has 0 radical (unpaired) electrons. The highest BCUT2D eigenvalue weighted by Gasteiger charge is 2.16. The van der Waals surface area contributed by atoms with Crippen LogP contribution in [0, 0.1) is 0 Å². The van der Waals surface area contributed by atoms with Gasteiger partial charge in [0, 0.05) is 33.7 Å². The van der Waals surface area contributed by atoms with E-state index in [2.05, 4.69) is 114 Å². The molecule has 0 aliphatic heterocycles. The Hall–Kier alpha value is -5.94. The number of para-hydroxylation sites is 1. The van der Waals surface area contributed by atoms with E-state index < -0.39 is 0 Å². The Morgan fingerprint density at radius 3 is 1.56 bits per heavy atom. The smallest absolute Gasteiger partial charge is 0.227 e. The molecule has 43 heavy (non-hydrogen) atoms. The minimum Gasteiger partial charge on any atom is -0.438 e. The summed E-state index contributed by atoms with van der Waals surface area (Å²) in [5.41, 5.74) is 4.22. The van der Waals surface area contributed by atoms with Gasteiger partial charge in [-0.1, -0.05) is 103 Å². The maximum Gasteiger partial charge on any atom is 0.227 e. The fourth-order valence-corrected chi connectivity index (χ4v) is 5.96. The largest absolute Gasteiger partial charge is 0.438 e. The van der Waals surface area contributed by atoms with Crippen molar-refractivity contribution < 1.29 is 4.42 Å². The number of benzene rings is 6. The van der Waals surface area contributed by atoms with Gasteiger partial charge in [0.1, 0.15) is 5.58 Å². The maximum absolute atomic E-state index is 6.08. The minimum absolute atomic E-state index is 0.612. The van der Waals surface area contributed by atoms with Crippen LogP contribution in [-0.2, 0) is 0 Å². The molecule has 0 bridgehead atoms. The normalized spacial score (nSPS) is 11.7. The number of rotatable bonds is 3. The lowest BCUT2D eigenvalue weighted by atomic mass is 10.0. The lowest BCUT2D eigenvalue weighted by molar-refractivity contribution is 0.654. The monoisotopic (exact) mass is 550 g/mol. The van der Waals surface area contributed by atoms with E-state index in [1.54, 1.807) is 0 Å². The van der Waals surface area contributed by atoms with Crippen molar-refractivity contribution in [3.63, 3.8) is 0 Å². The Balaban J connectivity index is 1.29. The third kappa shape index (κ3) is 3.94. The first-order valence-corrected chi connectivity index (χ1v) is 14.2. The van der Waals surface area contributed by atoms with E-state index in [4.69, 9.17) is 19.4 Å². The fourth-order valence-electron chi connectivity index (χ4n) is 5.96. The van der Waals surface area contributed by atoms with E-state index in [0.717, 1.165) is 54.6 Å². The molecule has 6 aromatic carbocycles. The maximum atomic E-state index is 6.08. The van der Waals surface area contributed by atoms with Crippen LogP contribution in [0.4, 0.5) is 0 Å². The minimum atomic E-state index is 0.612. The predicted octanol–water partition coefficient (Wildman–Crippen LogP) is 9.63. The lowest BCUT2D eigenvalue weighted by Gasteiger charge is -2.10. The number of nitrogens with zero attached hydrogens (tertiary/aromatic N) is 4. The van der Waals surface area contributed by atoms with E-state index in [0.29, 0.717) is 23.2 Å². The molecule has 0 aliphatic rings. The van der Waals surface area contributed by atoms with Gasteiger partial charge in [0.2, 0.25) is 5.71 Å². The zero-order valence-corrected chi connectivity index (χ0v) is 22.9. The van der Waals surface area contributed by atoms with Crippen molar-refractivity contribution in [2.24, 2.45) is 0 Å². The molecule has 0 saturated heterocycles. The Bertz CT molecular complexity index is 2430. The first-order valence-electron chi connectivity index (χ1n) is 14.2. The second-order valence-corrected chi connectivity index (χ2v) is 10.8. The lowest BCUT2D eigenvalue weighted by Crippen LogP contribution is -2.00. The molecule has 0 spiro atoms. The van der Waals surface area contributed by atoms with Gasteiger partial charge in [-0.2, -0.15) is 0 Å². The molecule has 0 atom stereocenters. The van der Waals surface area contributed by atoms with Crippen molar-refractivity contribution in [1.29, 1.82) is 0 Å². The van der Waals surface area contributed by atoms with Crippen LogP contribution in [0.3, 0.4) is 0 Å². The number of aromatic nitrogens is 4. The van der Waals surface area contributed by atoms with E-state index in [9.17, 15) is 0 Å². The zero-order chi connectivity index (χ0) is 28.3. The van der Waals surface area contributed by atoms with Crippen molar-refractivity contribution >= 4 is 54.4 Å². The third-order valence-corrected chi connectivity index (χ3v) is 8.13. The average Bonchev–Trinajstić information content (AvgIpc) is 3.47. The van der Waals surface area contributed by atoms with Gasteiger partial charge in [-0.15, -0.1) is 0 Å². The Kier molecular flexibility index (Phi) is 5.13. The standard InChI is InChI=1S/C38H22N4O/c1-3-9-25-19-27(15-13-23(25)7-1)35-40-36(28-16-14-24-8-2-4-10-26(24)20-28)42-37(41-35)29-17-18-30-22-39-38-34(32(30)21-29)31-11-5-6-12-33(31)43-38/h1-22H. The summed E-state index contributed by atoms with van der Waals surface area (Å²) in [6.45, 7) is 0. The number of hydrogen-bond donors (Lipinski definition) is 0. The average molecular weight is 551 g/mol. The molecular formula is C38H22N4O. The van der Waals surface area contributed by atoms with Crippen molar-refractivity contribution in [2.75, 3.05) is 0 Å². The van der Waals surface area contributed by atoms with Gasteiger partial charge in [0.15, 0.2) is 17.5 Å². The highest BCUT2D eigenvalue weighted by Crippen LogP contribution is 2.35. The van der Waals surface area contributed by atoms with E-state index in [-0.39, 0.29) is 0 Å². The topological polar surface area (TPSA) is 64.7 Å². The van der Waals surface area contributed by atoms with Crippen LogP contribution < -0.4 is 0 Å². The molecule has 9 aromatic rings. The summed E-state index contributed by atoms with van der Waals surface area (Å²) in [5.74, 6) is 1.88. The van der Waals surface area contributed by atoms with Gasteiger partial charge in [-0.3, -0.25) is 0 Å². The first-order chi connectivity index (χ1) is 21.3. The van der Waals surface area contributed by atoms with Crippen LogP contribution in [0.25, 0.3) is 88.5 Å². The summed E-state index contributed by atoms with van der Waals surface area (Å²) >= 11 is 0. The van der Waals surface area contributed by atoms with Crippen molar-refractivity contribution in [3.8, 4) is 34.2 Å². The van der Waals surface area contributed by atoms with E-state index in [1.165, 1.54) is 10.8 Å².